The lowest BCUT2D eigenvalue weighted by Crippen LogP contribution is -2.51. The van der Waals surface area contributed by atoms with Crippen molar-refractivity contribution in [2.24, 2.45) is 15.0 Å². The van der Waals surface area contributed by atoms with Gasteiger partial charge in [0.15, 0.2) is 11.9 Å². The van der Waals surface area contributed by atoms with E-state index in [9.17, 15) is 15.0 Å². The van der Waals surface area contributed by atoms with Crippen molar-refractivity contribution >= 4 is 24.0 Å². The molecule has 132 valence electrons. The van der Waals surface area contributed by atoms with Gasteiger partial charge in [-0.05, 0) is 12.1 Å². The summed E-state index contributed by atoms with van der Waals surface area (Å²) in [5.74, 6) is 0.869. The lowest BCUT2D eigenvalue weighted by Gasteiger charge is -2.26. The van der Waals surface area contributed by atoms with E-state index in [-0.39, 0.29) is 31.4 Å². The number of nitrogens with zero attached hydrogens (tertiary/aromatic N) is 4. The Kier molecular flexibility index (Phi) is 4.07. The summed E-state index contributed by atoms with van der Waals surface area (Å²) in [4.78, 5) is 26.6. The van der Waals surface area contributed by atoms with Gasteiger partial charge < -0.3 is 19.4 Å². The highest BCUT2D eigenvalue weighted by molar-refractivity contribution is 6.23. The second-order valence-corrected chi connectivity index (χ2v) is 5.87. The van der Waals surface area contributed by atoms with Crippen LogP contribution in [0, 0.1) is 0 Å². The summed E-state index contributed by atoms with van der Waals surface area (Å²) in [5, 5.41) is 21.7. The van der Waals surface area contributed by atoms with E-state index in [1.165, 1.54) is 6.34 Å². The van der Waals surface area contributed by atoms with E-state index < -0.39 is 24.5 Å². The number of carbonyl (C=O) groups is 1. The Labute approximate surface area is 142 Å². The molecule has 10 heteroatoms. The molecule has 4 atom stereocenters. The van der Waals surface area contributed by atoms with E-state index in [0.29, 0.717) is 11.6 Å². The summed E-state index contributed by atoms with van der Waals surface area (Å²) in [7, 11) is 0. The van der Waals surface area contributed by atoms with Crippen molar-refractivity contribution in [3.8, 4) is 0 Å². The first-order valence-corrected chi connectivity index (χ1v) is 7.88. The van der Waals surface area contributed by atoms with E-state index in [4.69, 9.17) is 9.15 Å². The average Bonchev–Trinajstić information content (AvgIpc) is 3.32. The molecule has 1 unspecified atom stereocenters. The van der Waals surface area contributed by atoms with E-state index in [2.05, 4.69) is 20.3 Å². The largest absolute Gasteiger partial charge is 0.467 e. The van der Waals surface area contributed by atoms with Crippen molar-refractivity contribution in [3.63, 3.8) is 0 Å². The van der Waals surface area contributed by atoms with E-state index >= 15 is 0 Å². The van der Waals surface area contributed by atoms with Gasteiger partial charge in [-0.2, -0.15) is 4.99 Å². The summed E-state index contributed by atoms with van der Waals surface area (Å²) in [6.07, 6.45) is 1.30. The number of fused-ring (bicyclic) bond motifs is 1. The highest BCUT2D eigenvalue weighted by Gasteiger charge is 2.44. The first-order valence-electron chi connectivity index (χ1n) is 7.88. The van der Waals surface area contributed by atoms with Crippen molar-refractivity contribution in [1.29, 1.82) is 0 Å². The summed E-state index contributed by atoms with van der Waals surface area (Å²) >= 11 is 0. The van der Waals surface area contributed by atoms with Crippen molar-refractivity contribution < 1.29 is 24.2 Å². The van der Waals surface area contributed by atoms with Gasteiger partial charge in [0.2, 0.25) is 5.96 Å². The summed E-state index contributed by atoms with van der Waals surface area (Å²) in [6.45, 7) is -0.0367. The van der Waals surface area contributed by atoms with Gasteiger partial charge in [-0.25, -0.2) is 4.99 Å². The van der Waals surface area contributed by atoms with Gasteiger partial charge in [-0.1, -0.05) is 0 Å². The molecule has 3 N–H and O–H groups in total. The van der Waals surface area contributed by atoms with Crippen LogP contribution in [-0.2, 0) is 16.1 Å². The second kappa shape index (κ2) is 6.39. The number of aliphatic imine (C=N–C) groups is 3. The van der Waals surface area contributed by atoms with E-state index in [1.807, 2.05) is 0 Å². The number of carbonyl (C=O) groups excluding carboxylic acids is 1. The minimum absolute atomic E-state index is 0.167. The smallest absolute Gasteiger partial charge is 0.259 e. The zero-order valence-electron chi connectivity index (χ0n) is 13.1. The number of guanidine groups is 1. The molecule has 1 amide bonds. The zero-order chi connectivity index (χ0) is 17.4. The normalized spacial score (nSPS) is 32.9. The zero-order valence-corrected chi connectivity index (χ0v) is 13.1. The van der Waals surface area contributed by atoms with Crippen LogP contribution in [0.25, 0.3) is 0 Å². The van der Waals surface area contributed by atoms with Gasteiger partial charge in [0.1, 0.15) is 24.6 Å². The number of aliphatic hydroxyl groups is 2. The molecule has 1 aromatic heterocycles. The number of amides is 1. The molecule has 4 heterocycles. The first kappa shape index (κ1) is 15.9. The predicted octanol–water partition coefficient (Wildman–Crippen LogP) is -1.16. The van der Waals surface area contributed by atoms with Crippen LogP contribution in [0.2, 0.25) is 0 Å². The summed E-state index contributed by atoms with van der Waals surface area (Å²) < 4.78 is 10.8. The molecule has 0 saturated carbocycles. The number of aliphatic hydroxyl groups excluding tert-OH is 2. The maximum Gasteiger partial charge on any atom is 0.259 e. The standard InChI is InChI=1S/C15H17N5O5/c21-6-10-9(22)4-11(25-10)20-7-17-12-13(20)18-15(19-14(12)23)16-5-8-2-1-3-24-8/h1-3,7,9-12,21-22H,4-6H2,(H,16,19,23)/t9-,10+,11+,12?/m0/s1. The van der Waals surface area contributed by atoms with Gasteiger partial charge in [-0.3, -0.25) is 20.0 Å². The third-order valence-corrected chi connectivity index (χ3v) is 4.21. The highest BCUT2D eigenvalue weighted by atomic mass is 16.5. The van der Waals surface area contributed by atoms with Crippen molar-refractivity contribution in [2.45, 2.75) is 37.4 Å². The molecule has 0 bridgehead atoms. The predicted molar refractivity (Wildman–Crippen MR) is 85.9 cm³/mol. The second-order valence-electron chi connectivity index (χ2n) is 5.87. The molecule has 3 aliphatic rings. The SMILES string of the molecule is O=C1NC(=NCc2ccco2)N=C2C1N=CN2[C@H]1C[C@H](O)[C@@H](CO)O1. The fourth-order valence-corrected chi connectivity index (χ4v) is 2.93. The molecule has 25 heavy (non-hydrogen) atoms. The van der Waals surface area contributed by atoms with Crippen LogP contribution in [0.1, 0.15) is 12.2 Å². The maximum absolute atomic E-state index is 12.2. The number of hydrogen-bond acceptors (Lipinski definition) is 8. The third-order valence-electron chi connectivity index (χ3n) is 4.21. The summed E-state index contributed by atoms with van der Waals surface area (Å²) in [6, 6.07) is 2.76. The van der Waals surface area contributed by atoms with Crippen molar-refractivity contribution in [2.75, 3.05) is 6.61 Å². The average molecular weight is 347 g/mol. The fourth-order valence-electron chi connectivity index (χ4n) is 2.93. The molecule has 0 aliphatic carbocycles. The number of furan rings is 1. The molecule has 10 nitrogen and oxygen atoms in total. The first-order chi connectivity index (χ1) is 12.2. The lowest BCUT2D eigenvalue weighted by atomic mass is 10.1. The van der Waals surface area contributed by atoms with Gasteiger partial charge in [-0.15, -0.1) is 0 Å². The maximum atomic E-state index is 12.2. The van der Waals surface area contributed by atoms with Gasteiger partial charge in [0, 0.05) is 6.42 Å². The van der Waals surface area contributed by atoms with Crippen LogP contribution in [-0.4, -0.2) is 70.2 Å². The van der Waals surface area contributed by atoms with Gasteiger partial charge in [0.25, 0.3) is 5.91 Å². The Morgan fingerprint density at radius 3 is 3.08 bits per heavy atom. The number of nitrogens with one attached hydrogen (secondary N) is 1. The Hall–Kier alpha value is -2.56. The lowest BCUT2D eigenvalue weighted by molar-refractivity contribution is -0.119. The topological polar surface area (TPSA) is 132 Å². The quantitative estimate of drug-likeness (QED) is 0.630. The van der Waals surface area contributed by atoms with Gasteiger partial charge in [0.05, 0.1) is 25.3 Å². The molecular weight excluding hydrogens is 330 g/mol. The minimum Gasteiger partial charge on any atom is -0.467 e. The van der Waals surface area contributed by atoms with Crippen LogP contribution < -0.4 is 5.32 Å². The Bertz CT molecular complexity index is 744. The van der Waals surface area contributed by atoms with Gasteiger partial charge >= 0.3 is 0 Å². The van der Waals surface area contributed by atoms with Crippen LogP contribution >= 0.6 is 0 Å². The Morgan fingerprint density at radius 1 is 1.48 bits per heavy atom. The molecule has 0 spiro atoms. The van der Waals surface area contributed by atoms with Crippen LogP contribution in [0.3, 0.4) is 0 Å². The number of ether oxygens (including phenoxy) is 1. The van der Waals surface area contributed by atoms with Crippen molar-refractivity contribution in [1.82, 2.24) is 10.2 Å². The van der Waals surface area contributed by atoms with Crippen LogP contribution in [0.5, 0.6) is 0 Å². The highest BCUT2D eigenvalue weighted by Crippen LogP contribution is 2.26. The fraction of sp³-hybridized carbons (Fsp3) is 0.467. The molecular formula is C15H17N5O5. The Balaban J connectivity index is 1.55. The molecule has 1 saturated heterocycles. The molecule has 0 aromatic carbocycles. The third kappa shape index (κ3) is 2.95. The minimum atomic E-state index is -0.785. The molecule has 0 radical (unpaired) electrons. The van der Waals surface area contributed by atoms with E-state index in [1.54, 1.807) is 23.3 Å². The molecule has 1 aromatic rings. The summed E-state index contributed by atoms with van der Waals surface area (Å²) in [5.41, 5.74) is 0. The van der Waals surface area contributed by atoms with Crippen LogP contribution in [0.4, 0.5) is 0 Å². The number of rotatable bonds is 4. The molecule has 3 aliphatic heterocycles. The van der Waals surface area contributed by atoms with Crippen molar-refractivity contribution in [3.05, 3.63) is 24.2 Å². The van der Waals surface area contributed by atoms with Crippen LogP contribution in [0.15, 0.2) is 37.8 Å². The Morgan fingerprint density at radius 2 is 2.36 bits per heavy atom. The number of hydrogen-bond donors (Lipinski definition) is 3. The molecule has 1 fully saturated rings. The monoisotopic (exact) mass is 347 g/mol. The van der Waals surface area contributed by atoms with E-state index in [0.717, 1.165) is 0 Å². The molecule has 4 rings (SSSR count). The number of amidine groups is 1.